The lowest BCUT2D eigenvalue weighted by atomic mass is 9.69. The van der Waals surface area contributed by atoms with Crippen molar-refractivity contribution >= 4 is 0 Å². The monoisotopic (exact) mass is 265 g/mol. The van der Waals surface area contributed by atoms with Crippen LogP contribution in [0.1, 0.15) is 85.5 Å². The summed E-state index contributed by atoms with van der Waals surface area (Å²) in [6, 6.07) is 0.789. The van der Waals surface area contributed by atoms with E-state index in [9.17, 15) is 0 Å². The Morgan fingerprint density at radius 3 is 2.26 bits per heavy atom. The Kier molecular flexibility index (Phi) is 4.98. The summed E-state index contributed by atoms with van der Waals surface area (Å²) in [7, 11) is 0. The number of hydrogen-bond donors (Lipinski definition) is 1. The molecule has 2 aliphatic carbocycles. The Labute approximate surface area is 120 Å². The first-order valence-electron chi connectivity index (χ1n) is 8.75. The van der Waals surface area contributed by atoms with Crippen molar-refractivity contribution in [1.29, 1.82) is 0 Å². The topological polar surface area (TPSA) is 12.0 Å². The summed E-state index contributed by atoms with van der Waals surface area (Å²) in [5, 5.41) is 3.90. The number of hydrogen-bond acceptors (Lipinski definition) is 1. The van der Waals surface area contributed by atoms with E-state index in [-0.39, 0.29) is 0 Å². The average molecular weight is 265 g/mol. The molecule has 3 unspecified atom stereocenters. The fourth-order valence-electron chi connectivity index (χ4n) is 4.69. The Hall–Kier alpha value is -0.0400. The van der Waals surface area contributed by atoms with Gasteiger partial charge in [0.15, 0.2) is 0 Å². The van der Waals surface area contributed by atoms with E-state index in [2.05, 4.69) is 33.0 Å². The molecular formula is C18H35N. The quantitative estimate of drug-likeness (QED) is 0.598. The van der Waals surface area contributed by atoms with Gasteiger partial charge in [-0.25, -0.2) is 0 Å². The minimum absolute atomic E-state index is 0.555. The molecule has 19 heavy (non-hydrogen) atoms. The van der Waals surface area contributed by atoms with Crippen LogP contribution >= 0.6 is 0 Å². The van der Waals surface area contributed by atoms with Crippen LogP contribution in [0, 0.1) is 16.7 Å². The van der Waals surface area contributed by atoms with Gasteiger partial charge in [0, 0.05) is 6.04 Å². The molecule has 0 aromatic rings. The maximum absolute atomic E-state index is 3.90. The number of nitrogens with one attached hydrogen (secondary N) is 1. The van der Waals surface area contributed by atoms with Gasteiger partial charge in [0.2, 0.25) is 0 Å². The molecule has 0 saturated heterocycles. The van der Waals surface area contributed by atoms with Gasteiger partial charge in [0.05, 0.1) is 0 Å². The summed E-state index contributed by atoms with van der Waals surface area (Å²) in [6.45, 7) is 11.1. The van der Waals surface area contributed by atoms with Crippen LogP contribution < -0.4 is 5.32 Å². The Balaban J connectivity index is 1.65. The number of fused-ring (bicyclic) bond motifs is 2. The molecule has 2 fully saturated rings. The highest BCUT2D eigenvalue weighted by atomic mass is 15.0. The van der Waals surface area contributed by atoms with Crippen molar-refractivity contribution in [3.05, 3.63) is 0 Å². The summed E-state index contributed by atoms with van der Waals surface area (Å²) < 4.78 is 0. The third-order valence-electron chi connectivity index (χ3n) is 6.72. The van der Waals surface area contributed by atoms with Gasteiger partial charge in [-0.3, -0.25) is 0 Å². The van der Waals surface area contributed by atoms with Crippen molar-refractivity contribution < 1.29 is 0 Å². The third kappa shape index (κ3) is 2.86. The number of rotatable bonds is 8. The largest absolute Gasteiger partial charge is 0.313 e. The molecule has 1 heteroatoms. The molecule has 0 radical (unpaired) electrons. The van der Waals surface area contributed by atoms with E-state index in [1.165, 1.54) is 64.3 Å². The Morgan fingerprint density at radius 2 is 1.68 bits per heavy atom. The van der Waals surface area contributed by atoms with E-state index in [1.54, 1.807) is 0 Å². The molecule has 2 bridgehead atoms. The molecule has 2 aliphatic rings. The second-order valence-corrected chi connectivity index (χ2v) is 7.88. The van der Waals surface area contributed by atoms with Crippen LogP contribution in [-0.4, -0.2) is 12.6 Å². The Morgan fingerprint density at radius 1 is 1.00 bits per heavy atom. The first kappa shape index (κ1) is 15.4. The van der Waals surface area contributed by atoms with Crippen molar-refractivity contribution in [3.63, 3.8) is 0 Å². The molecule has 1 N–H and O–H groups in total. The molecule has 0 spiro atoms. The van der Waals surface area contributed by atoms with Gasteiger partial charge in [-0.15, -0.1) is 0 Å². The maximum atomic E-state index is 3.90. The van der Waals surface area contributed by atoms with Crippen LogP contribution in [0.2, 0.25) is 0 Å². The summed E-state index contributed by atoms with van der Waals surface area (Å²) in [6.07, 6.45) is 12.8. The zero-order valence-corrected chi connectivity index (χ0v) is 13.7. The summed E-state index contributed by atoms with van der Waals surface area (Å²) in [4.78, 5) is 0. The summed E-state index contributed by atoms with van der Waals surface area (Å²) in [5.74, 6) is 0.972. The van der Waals surface area contributed by atoms with Crippen molar-refractivity contribution in [2.24, 2.45) is 16.7 Å². The molecule has 0 aromatic heterocycles. The highest BCUT2D eigenvalue weighted by Gasteiger charge is 2.60. The minimum Gasteiger partial charge on any atom is -0.313 e. The fraction of sp³-hybridized carbons (Fsp3) is 1.00. The first-order valence-corrected chi connectivity index (χ1v) is 8.75. The SMILES string of the molecule is CCCCCCCCNC1CC2CCC1(C)C2(C)C. The van der Waals surface area contributed by atoms with Crippen LogP contribution in [0.15, 0.2) is 0 Å². The van der Waals surface area contributed by atoms with Crippen molar-refractivity contribution in [2.45, 2.75) is 91.5 Å². The van der Waals surface area contributed by atoms with Crippen LogP contribution in [0.5, 0.6) is 0 Å². The molecule has 2 rings (SSSR count). The Bertz CT molecular complexity index is 283. The van der Waals surface area contributed by atoms with Gasteiger partial charge in [-0.1, -0.05) is 59.8 Å². The third-order valence-corrected chi connectivity index (χ3v) is 6.72. The summed E-state index contributed by atoms with van der Waals surface area (Å²) in [5.41, 5.74) is 1.12. The molecular weight excluding hydrogens is 230 g/mol. The lowest BCUT2D eigenvalue weighted by Gasteiger charge is -2.39. The van der Waals surface area contributed by atoms with Crippen molar-refractivity contribution in [2.75, 3.05) is 6.54 Å². The van der Waals surface area contributed by atoms with E-state index in [1.807, 2.05) is 0 Å². The maximum Gasteiger partial charge on any atom is 0.0129 e. The highest BCUT2D eigenvalue weighted by molar-refractivity contribution is 5.12. The van der Waals surface area contributed by atoms with E-state index >= 15 is 0 Å². The predicted molar refractivity (Wildman–Crippen MR) is 84.4 cm³/mol. The number of unbranched alkanes of at least 4 members (excludes halogenated alkanes) is 5. The predicted octanol–water partition coefficient (Wildman–Crippen LogP) is 5.15. The molecule has 0 heterocycles. The molecule has 3 atom stereocenters. The van der Waals surface area contributed by atoms with E-state index in [0.717, 1.165) is 12.0 Å². The van der Waals surface area contributed by atoms with Crippen molar-refractivity contribution in [3.8, 4) is 0 Å². The fourth-order valence-corrected chi connectivity index (χ4v) is 4.69. The van der Waals surface area contributed by atoms with Gasteiger partial charge >= 0.3 is 0 Å². The van der Waals surface area contributed by atoms with Crippen molar-refractivity contribution in [1.82, 2.24) is 5.32 Å². The molecule has 0 aromatic carbocycles. The van der Waals surface area contributed by atoms with Gasteiger partial charge < -0.3 is 5.32 Å². The molecule has 1 nitrogen and oxygen atoms in total. The molecule has 112 valence electrons. The van der Waals surface area contributed by atoms with Gasteiger partial charge in [0.1, 0.15) is 0 Å². The smallest absolute Gasteiger partial charge is 0.0129 e. The molecule has 0 amide bonds. The zero-order valence-electron chi connectivity index (χ0n) is 13.7. The second-order valence-electron chi connectivity index (χ2n) is 7.88. The van der Waals surface area contributed by atoms with E-state index in [0.29, 0.717) is 10.8 Å². The van der Waals surface area contributed by atoms with Crippen LogP contribution in [0.25, 0.3) is 0 Å². The summed E-state index contributed by atoms with van der Waals surface area (Å²) >= 11 is 0. The first-order chi connectivity index (χ1) is 9.02. The van der Waals surface area contributed by atoms with Gasteiger partial charge in [-0.05, 0) is 49.0 Å². The molecule has 0 aliphatic heterocycles. The van der Waals surface area contributed by atoms with Gasteiger partial charge in [0.25, 0.3) is 0 Å². The van der Waals surface area contributed by atoms with Crippen LogP contribution in [0.3, 0.4) is 0 Å². The highest BCUT2D eigenvalue weighted by Crippen LogP contribution is 2.65. The van der Waals surface area contributed by atoms with Gasteiger partial charge in [-0.2, -0.15) is 0 Å². The lowest BCUT2D eigenvalue weighted by molar-refractivity contribution is 0.121. The minimum atomic E-state index is 0.555. The standard InChI is InChI=1S/C18H35N/c1-5-6-7-8-9-10-13-19-16-14-15-11-12-18(16,4)17(15,2)3/h15-16,19H,5-14H2,1-4H3. The second kappa shape index (κ2) is 6.16. The average Bonchev–Trinajstić information content (AvgIpc) is 2.70. The lowest BCUT2D eigenvalue weighted by Crippen LogP contribution is -2.44. The zero-order chi connectivity index (χ0) is 13.9. The van der Waals surface area contributed by atoms with Crippen LogP contribution in [0.4, 0.5) is 0 Å². The van der Waals surface area contributed by atoms with E-state index in [4.69, 9.17) is 0 Å². The van der Waals surface area contributed by atoms with Crippen LogP contribution in [-0.2, 0) is 0 Å². The van der Waals surface area contributed by atoms with E-state index < -0.39 is 0 Å². The normalized spacial score (nSPS) is 36.0. The molecule has 2 saturated carbocycles.